The number of aliphatic hydroxyl groups is 1. The number of quaternary nitrogens is 1. The summed E-state index contributed by atoms with van der Waals surface area (Å²) in [5, 5.41) is 18.1. The summed E-state index contributed by atoms with van der Waals surface area (Å²) >= 11 is 0. The van der Waals surface area contributed by atoms with Crippen molar-refractivity contribution in [2.75, 3.05) is 27.2 Å². The second kappa shape index (κ2) is 7.40. The first-order valence-electron chi connectivity index (χ1n) is 6.00. The minimum absolute atomic E-state index is 0.166. The summed E-state index contributed by atoms with van der Waals surface area (Å²) in [7, 11) is 3.66. The minimum atomic E-state index is -1.02. The summed E-state index contributed by atoms with van der Waals surface area (Å²) in [5.74, 6) is -0.853. The number of carboxylic acid groups (broad SMARTS) is 1. The molecule has 0 bridgehead atoms. The number of ketones is 1. The number of carbonyl (C=O) groups excluding carboxylic acids is 1. The maximum atomic E-state index is 11.6. The van der Waals surface area contributed by atoms with Crippen molar-refractivity contribution in [2.45, 2.75) is 38.7 Å². The van der Waals surface area contributed by atoms with E-state index >= 15 is 0 Å². The Bertz CT molecular complexity index is 263. The fourth-order valence-electron chi connectivity index (χ4n) is 1.83. The summed E-state index contributed by atoms with van der Waals surface area (Å²) in [6.07, 6.45) is 1.26. The van der Waals surface area contributed by atoms with Crippen molar-refractivity contribution in [3.63, 3.8) is 0 Å². The smallest absolute Gasteiger partial charge is 0.306 e. The third-order valence-corrected chi connectivity index (χ3v) is 2.53. The van der Waals surface area contributed by atoms with Crippen LogP contribution in [0.5, 0.6) is 0 Å². The van der Waals surface area contributed by atoms with E-state index in [9.17, 15) is 14.7 Å². The van der Waals surface area contributed by atoms with Crippen LogP contribution in [0.1, 0.15) is 32.6 Å². The minimum Gasteiger partial charge on any atom is -0.481 e. The summed E-state index contributed by atoms with van der Waals surface area (Å²) in [6.45, 7) is 2.66. The second-order valence-electron chi connectivity index (χ2n) is 5.17. The van der Waals surface area contributed by atoms with Crippen molar-refractivity contribution in [3.8, 4) is 0 Å². The molecular formula is C12H24NO4+. The zero-order chi connectivity index (χ0) is 13.5. The quantitative estimate of drug-likeness (QED) is 0.586. The molecule has 0 aromatic carbocycles. The van der Waals surface area contributed by atoms with Gasteiger partial charge in [-0.25, -0.2) is 0 Å². The number of Topliss-reactive ketones (excluding diaryl/α,β-unsaturated/α-hetero) is 1. The molecule has 0 aliphatic carbocycles. The lowest BCUT2D eigenvalue weighted by Crippen LogP contribution is -2.48. The van der Waals surface area contributed by atoms with Crippen LogP contribution in [0.25, 0.3) is 0 Å². The molecule has 2 N–H and O–H groups in total. The van der Waals surface area contributed by atoms with Gasteiger partial charge in [-0.3, -0.25) is 9.59 Å². The zero-order valence-electron chi connectivity index (χ0n) is 11.0. The number of unbranched alkanes of at least 4 members (excludes halogenated alkanes) is 1. The highest BCUT2D eigenvalue weighted by Crippen LogP contribution is 2.06. The van der Waals surface area contributed by atoms with Crippen molar-refractivity contribution in [1.29, 1.82) is 0 Å². The van der Waals surface area contributed by atoms with Gasteiger partial charge < -0.3 is 14.7 Å². The first-order chi connectivity index (χ1) is 7.76. The van der Waals surface area contributed by atoms with Crippen LogP contribution < -0.4 is 0 Å². The largest absolute Gasteiger partial charge is 0.481 e. The molecular weight excluding hydrogens is 222 g/mol. The predicted molar refractivity (Wildman–Crippen MR) is 64.6 cm³/mol. The summed E-state index contributed by atoms with van der Waals surface area (Å²) in [5.41, 5.74) is 0. The molecule has 5 nitrogen and oxygen atoms in total. The standard InChI is InChI=1S/C12H23NO4/c1-4-5-6-10(14)8-13(2,3)9-11(15)7-12(16)17/h11,15H,4-9H2,1-3H3/p+1. The molecule has 1 atom stereocenters. The molecule has 17 heavy (non-hydrogen) atoms. The molecule has 0 aliphatic rings. The van der Waals surface area contributed by atoms with Crippen LogP contribution in [-0.4, -0.2) is 59.7 Å². The van der Waals surface area contributed by atoms with Crippen molar-refractivity contribution >= 4 is 11.8 Å². The number of hydrogen-bond donors (Lipinski definition) is 2. The van der Waals surface area contributed by atoms with Gasteiger partial charge in [-0.05, 0) is 6.42 Å². The van der Waals surface area contributed by atoms with Gasteiger partial charge in [-0.15, -0.1) is 0 Å². The number of carbonyl (C=O) groups is 2. The van der Waals surface area contributed by atoms with E-state index in [4.69, 9.17) is 5.11 Å². The van der Waals surface area contributed by atoms with Crippen LogP contribution in [0.3, 0.4) is 0 Å². The first kappa shape index (κ1) is 16.1. The maximum absolute atomic E-state index is 11.6. The van der Waals surface area contributed by atoms with E-state index in [2.05, 4.69) is 0 Å². The second-order valence-corrected chi connectivity index (χ2v) is 5.17. The van der Waals surface area contributed by atoms with Crippen LogP contribution in [0.2, 0.25) is 0 Å². The Kier molecular flexibility index (Phi) is 6.99. The Morgan fingerprint density at radius 3 is 2.35 bits per heavy atom. The molecule has 0 heterocycles. The van der Waals surface area contributed by atoms with Crippen LogP contribution in [0.15, 0.2) is 0 Å². The van der Waals surface area contributed by atoms with E-state index < -0.39 is 12.1 Å². The molecule has 0 saturated carbocycles. The highest BCUT2D eigenvalue weighted by Gasteiger charge is 2.24. The molecule has 0 amide bonds. The predicted octanol–water partition coefficient (Wildman–Crippen LogP) is 0.658. The molecule has 0 aromatic heterocycles. The third-order valence-electron chi connectivity index (χ3n) is 2.53. The van der Waals surface area contributed by atoms with Gasteiger partial charge in [0.1, 0.15) is 19.2 Å². The Morgan fingerprint density at radius 1 is 1.29 bits per heavy atom. The Balaban J connectivity index is 4.09. The summed E-state index contributed by atoms with van der Waals surface area (Å²) < 4.78 is 0.330. The highest BCUT2D eigenvalue weighted by atomic mass is 16.4. The van der Waals surface area contributed by atoms with Gasteiger partial charge in [0.15, 0.2) is 5.78 Å². The number of carboxylic acids is 1. The van der Waals surface area contributed by atoms with E-state index in [1.54, 1.807) is 0 Å². The van der Waals surface area contributed by atoms with Gasteiger partial charge >= 0.3 is 5.97 Å². The molecule has 5 heteroatoms. The molecule has 0 fully saturated rings. The number of aliphatic carboxylic acids is 1. The lowest BCUT2D eigenvalue weighted by Gasteiger charge is -2.30. The fraction of sp³-hybridized carbons (Fsp3) is 0.833. The average molecular weight is 246 g/mol. The molecule has 0 aromatic rings. The molecule has 0 spiro atoms. The van der Waals surface area contributed by atoms with Crippen LogP contribution in [0.4, 0.5) is 0 Å². The Hall–Kier alpha value is -0.940. The van der Waals surface area contributed by atoms with Crippen molar-refractivity contribution in [2.24, 2.45) is 0 Å². The third kappa shape index (κ3) is 8.83. The number of hydrogen-bond acceptors (Lipinski definition) is 3. The van der Waals surface area contributed by atoms with Gasteiger partial charge in [-0.2, -0.15) is 0 Å². The zero-order valence-corrected chi connectivity index (χ0v) is 11.0. The van der Waals surface area contributed by atoms with E-state index in [0.29, 0.717) is 17.4 Å². The molecule has 0 rings (SSSR count). The van der Waals surface area contributed by atoms with Gasteiger partial charge in [-0.1, -0.05) is 13.3 Å². The van der Waals surface area contributed by atoms with E-state index in [0.717, 1.165) is 12.8 Å². The maximum Gasteiger partial charge on any atom is 0.306 e. The molecule has 0 aliphatic heterocycles. The monoisotopic (exact) mass is 246 g/mol. The summed E-state index contributed by atoms with van der Waals surface area (Å²) in [4.78, 5) is 22.0. The molecule has 0 saturated heterocycles. The molecule has 0 radical (unpaired) electrons. The fourth-order valence-corrected chi connectivity index (χ4v) is 1.83. The van der Waals surface area contributed by atoms with Crippen LogP contribution >= 0.6 is 0 Å². The number of nitrogens with zero attached hydrogens (tertiary/aromatic N) is 1. The van der Waals surface area contributed by atoms with Crippen LogP contribution in [0, 0.1) is 0 Å². The Labute approximate surface area is 103 Å². The lowest BCUT2D eigenvalue weighted by atomic mass is 10.1. The van der Waals surface area contributed by atoms with E-state index in [-0.39, 0.29) is 18.7 Å². The lowest BCUT2D eigenvalue weighted by molar-refractivity contribution is -0.885. The first-order valence-corrected chi connectivity index (χ1v) is 6.00. The van der Waals surface area contributed by atoms with E-state index in [1.807, 2.05) is 21.0 Å². The van der Waals surface area contributed by atoms with Crippen LogP contribution in [-0.2, 0) is 9.59 Å². The van der Waals surface area contributed by atoms with Gasteiger partial charge in [0.25, 0.3) is 0 Å². The Morgan fingerprint density at radius 2 is 1.88 bits per heavy atom. The number of rotatable bonds is 9. The normalized spacial score (nSPS) is 13.4. The van der Waals surface area contributed by atoms with Gasteiger partial charge in [0.2, 0.25) is 0 Å². The van der Waals surface area contributed by atoms with Crippen molar-refractivity contribution < 1.29 is 24.3 Å². The molecule has 1 unspecified atom stereocenters. The van der Waals surface area contributed by atoms with Crippen molar-refractivity contribution in [1.82, 2.24) is 0 Å². The van der Waals surface area contributed by atoms with E-state index in [1.165, 1.54) is 0 Å². The topological polar surface area (TPSA) is 74.6 Å². The average Bonchev–Trinajstić information content (AvgIpc) is 2.10. The van der Waals surface area contributed by atoms with Crippen molar-refractivity contribution in [3.05, 3.63) is 0 Å². The van der Waals surface area contributed by atoms with Gasteiger partial charge in [0.05, 0.1) is 20.5 Å². The van der Waals surface area contributed by atoms with Gasteiger partial charge in [0, 0.05) is 6.42 Å². The summed E-state index contributed by atoms with van der Waals surface area (Å²) in [6, 6.07) is 0. The molecule has 100 valence electrons. The highest BCUT2D eigenvalue weighted by molar-refractivity contribution is 5.79. The number of aliphatic hydroxyl groups excluding tert-OH is 1. The SMILES string of the molecule is CCCCC(=O)C[N+](C)(C)CC(O)CC(=O)O. The number of likely N-dealkylation sites (N-methyl/N-ethyl adjacent to an activating group) is 1.